The maximum Gasteiger partial charge on any atom is 0.279 e. The van der Waals surface area contributed by atoms with Crippen molar-refractivity contribution in [3.8, 4) is 17.1 Å². The number of carbonyl (C=O) groups excluding carboxylic acids is 2. The number of nitrogens with one attached hydrogen (secondary N) is 1. The van der Waals surface area contributed by atoms with Gasteiger partial charge in [0.1, 0.15) is 12.9 Å². The summed E-state index contributed by atoms with van der Waals surface area (Å²) in [5, 5.41) is 19.3. The molecular weight excluding hydrogens is 729 g/mol. The van der Waals surface area contributed by atoms with Crippen molar-refractivity contribution in [2.75, 3.05) is 32.5 Å². The number of piperidine rings is 1. The summed E-state index contributed by atoms with van der Waals surface area (Å²) in [6.07, 6.45) is 5.20. The molecule has 1 spiro atoms. The molecule has 2 fully saturated rings. The maximum atomic E-state index is 14.7. The Morgan fingerprint density at radius 1 is 1.06 bits per heavy atom. The topological polar surface area (TPSA) is 151 Å². The molecule has 3 aromatic heterocycles. The van der Waals surface area contributed by atoms with E-state index in [1.807, 2.05) is 53.9 Å². The SMILES string of the molecule is Cc1ncnc(C(=O)N2CCC3(CC2)C[C@H](C)c2c3c(=O)n3nc(-c4ccc(CN(C)C)c(Cl)c4)nc3n2CC(=O)Nc2ccc(C3CC3)cc2Cl)c1O. The predicted molar refractivity (Wildman–Crippen MR) is 205 cm³/mol. The number of anilines is 1. The summed E-state index contributed by atoms with van der Waals surface area (Å²) in [7, 11) is 3.93. The highest BCUT2D eigenvalue weighted by Crippen LogP contribution is 2.50. The van der Waals surface area contributed by atoms with E-state index in [1.54, 1.807) is 17.9 Å². The number of fused-ring (bicyclic) bond motifs is 3. The van der Waals surface area contributed by atoms with Crippen molar-refractivity contribution >= 4 is 46.5 Å². The second-order valence-electron chi connectivity index (χ2n) is 15.2. The number of nitrogens with zero attached hydrogens (tertiary/aromatic N) is 8. The summed E-state index contributed by atoms with van der Waals surface area (Å²) in [5.41, 5.74) is 4.00. The summed E-state index contributed by atoms with van der Waals surface area (Å²) < 4.78 is 3.12. The zero-order valence-electron chi connectivity index (χ0n) is 30.6. The molecule has 15 heteroatoms. The number of hydrogen-bond acceptors (Lipinski definition) is 9. The van der Waals surface area contributed by atoms with Crippen molar-refractivity contribution in [1.82, 2.24) is 38.9 Å². The molecule has 5 aromatic rings. The van der Waals surface area contributed by atoms with Crippen LogP contribution in [0.15, 0.2) is 47.5 Å². The first-order valence-corrected chi connectivity index (χ1v) is 19.0. The van der Waals surface area contributed by atoms with Crippen LogP contribution in [0.5, 0.6) is 5.75 Å². The van der Waals surface area contributed by atoms with E-state index in [-0.39, 0.29) is 47.1 Å². The molecule has 54 heavy (non-hydrogen) atoms. The van der Waals surface area contributed by atoms with Crippen molar-refractivity contribution in [2.24, 2.45) is 0 Å². The molecule has 0 bridgehead atoms. The molecule has 1 atom stereocenters. The van der Waals surface area contributed by atoms with Crippen LogP contribution in [0.1, 0.15) is 89.4 Å². The quantitative estimate of drug-likeness (QED) is 0.196. The highest BCUT2D eigenvalue weighted by atomic mass is 35.5. The zero-order valence-corrected chi connectivity index (χ0v) is 32.1. The Morgan fingerprint density at radius 2 is 1.81 bits per heavy atom. The first-order valence-electron chi connectivity index (χ1n) is 18.2. The monoisotopic (exact) mass is 769 g/mol. The van der Waals surface area contributed by atoms with Gasteiger partial charge in [0.15, 0.2) is 17.3 Å². The molecule has 0 radical (unpaired) electrons. The number of halogens is 2. The number of likely N-dealkylation sites (tertiary alicyclic amines) is 1. The Morgan fingerprint density at radius 3 is 2.50 bits per heavy atom. The summed E-state index contributed by atoms with van der Waals surface area (Å²) in [6.45, 7) is 4.89. The van der Waals surface area contributed by atoms with Gasteiger partial charge in [-0.2, -0.15) is 9.50 Å². The smallest absolute Gasteiger partial charge is 0.279 e. The Hall–Kier alpha value is -4.85. The fourth-order valence-electron chi connectivity index (χ4n) is 8.30. The Bertz CT molecular complexity index is 2400. The summed E-state index contributed by atoms with van der Waals surface area (Å²) in [6, 6.07) is 11.4. The average molecular weight is 771 g/mol. The Balaban J connectivity index is 1.18. The normalized spacial score (nSPS) is 17.8. The fourth-order valence-corrected chi connectivity index (χ4v) is 8.78. The molecule has 0 unspecified atom stereocenters. The van der Waals surface area contributed by atoms with Gasteiger partial charge < -0.3 is 24.8 Å². The van der Waals surface area contributed by atoms with Crippen LogP contribution >= 0.6 is 23.2 Å². The second-order valence-corrected chi connectivity index (χ2v) is 16.1. The van der Waals surface area contributed by atoms with Crippen LogP contribution in [-0.2, 0) is 23.3 Å². The van der Waals surface area contributed by atoms with Crippen molar-refractivity contribution in [1.29, 1.82) is 0 Å². The number of carbonyl (C=O) groups is 2. The van der Waals surface area contributed by atoms with Gasteiger partial charge in [-0.15, -0.1) is 5.10 Å². The molecule has 280 valence electrons. The highest BCUT2D eigenvalue weighted by molar-refractivity contribution is 6.33. The van der Waals surface area contributed by atoms with Gasteiger partial charge >= 0.3 is 0 Å². The van der Waals surface area contributed by atoms with Gasteiger partial charge in [-0.25, -0.2) is 9.97 Å². The van der Waals surface area contributed by atoms with E-state index in [1.165, 1.54) is 16.4 Å². The van der Waals surface area contributed by atoms with Crippen molar-refractivity contribution in [3.05, 3.63) is 96.9 Å². The van der Waals surface area contributed by atoms with E-state index in [0.29, 0.717) is 83.2 Å². The van der Waals surface area contributed by atoms with E-state index >= 15 is 0 Å². The van der Waals surface area contributed by atoms with Crippen LogP contribution < -0.4 is 10.9 Å². The third-order valence-corrected chi connectivity index (χ3v) is 11.8. The van der Waals surface area contributed by atoms with Gasteiger partial charge in [0.25, 0.3) is 11.5 Å². The molecule has 8 rings (SSSR count). The van der Waals surface area contributed by atoms with Gasteiger partial charge in [-0.05, 0) is 94.3 Å². The summed E-state index contributed by atoms with van der Waals surface area (Å²) in [4.78, 5) is 58.7. The lowest BCUT2D eigenvalue weighted by molar-refractivity contribution is -0.116. The number of benzene rings is 2. The number of amides is 2. The first kappa shape index (κ1) is 36.1. The van der Waals surface area contributed by atoms with Crippen molar-refractivity contribution in [3.63, 3.8) is 0 Å². The van der Waals surface area contributed by atoms with Gasteiger partial charge in [-0.1, -0.05) is 48.3 Å². The van der Waals surface area contributed by atoms with Crippen LogP contribution in [-0.4, -0.2) is 83.0 Å². The van der Waals surface area contributed by atoms with Crippen molar-refractivity contribution in [2.45, 2.75) is 76.3 Å². The third kappa shape index (κ3) is 6.41. The van der Waals surface area contributed by atoms with E-state index in [9.17, 15) is 19.5 Å². The zero-order chi connectivity index (χ0) is 38.1. The third-order valence-electron chi connectivity index (χ3n) is 11.1. The number of aromatic nitrogens is 6. The van der Waals surface area contributed by atoms with Crippen LogP contribution in [0.2, 0.25) is 10.0 Å². The molecule has 4 heterocycles. The van der Waals surface area contributed by atoms with Crippen LogP contribution in [0.25, 0.3) is 17.2 Å². The van der Waals surface area contributed by atoms with Crippen LogP contribution in [0.3, 0.4) is 0 Å². The second kappa shape index (κ2) is 13.8. The fraction of sp³-hybridized carbons (Fsp3) is 0.410. The predicted octanol–water partition coefficient (Wildman–Crippen LogP) is 5.93. The van der Waals surface area contributed by atoms with E-state index < -0.39 is 5.41 Å². The highest BCUT2D eigenvalue weighted by Gasteiger charge is 2.49. The average Bonchev–Trinajstić information content (AvgIpc) is 3.82. The van der Waals surface area contributed by atoms with Crippen LogP contribution in [0.4, 0.5) is 5.69 Å². The molecule has 13 nitrogen and oxygen atoms in total. The number of hydrogen-bond donors (Lipinski definition) is 2. The molecule has 2 aromatic carbocycles. The lowest BCUT2D eigenvalue weighted by Crippen LogP contribution is -2.46. The summed E-state index contributed by atoms with van der Waals surface area (Å²) in [5.74, 6) is 0.0295. The van der Waals surface area contributed by atoms with Crippen LogP contribution in [0, 0.1) is 6.92 Å². The maximum absolute atomic E-state index is 14.7. The Kier molecular flexibility index (Phi) is 9.22. The van der Waals surface area contributed by atoms with E-state index in [0.717, 1.165) is 24.1 Å². The number of aromatic hydroxyl groups is 1. The first-order chi connectivity index (χ1) is 25.8. The molecule has 3 aliphatic rings. The largest absolute Gasteiger partial charge is 0.504 e. The van der Waals surface area contributed by atoms with Gasteiger partial charge in [0.2, 0.25) is 11.7 Å². The van der Waals surface area contributed by atoms with E-state index in [2.05, 4.69) is 22.2 Å². The number of rotatable bonds is 8. The minimum absolute atomic E-state index is 0.0407. The number of aryl methyl sites for hydroxylation is 1. The van der Waals surface area contributed by atoms with Gasteiger partial charge in [0, 0.05) is 46.9 Å². The molecule has 2 amide bonds. The molecule has 2 N–H and O–H groups in total. The standard InChI is InChI=1S/C39H41Cl2N9O4/c1-21-17-39(11-13-48(14-12-39)37(54)32-34(52)22(2)42-20-43-32)31-33(21)49(19-30(51)44-29-10-9-24(15-28(29)41)23-5-6-23)38-45-35(46-50(38)36(31)53)25-7-8-26(18-47(3)4)27(40)16-25/h7-10,15-16,20-21,23,52H,5-6,11-14,17-19H2,1-4H3,(H,44,51)/t21-/m0/s1. The Labute approximate surface area is 322 Å². The lowest BCUT2D eigenvalue weighted by Gasteiger charge is -2.39. The lowest BCUT2D eigenvalue weighted by atomic mass is 9.73. The molecule has 2 aliphatic carbocycles. The molecular formula is C39H41Cl2N9O4. The summed E-state index contributed by atoms with van der Waals surface area (Å²) >= 11 is 13.3. The van der Waals surface area contributed by atoms with Crippen molar-refractivity contribution < 1.29 is 14.7 Å². The minimum Gasteiger partial charge on any atom is -0.504 e. The van der Waals surface area contributed by atoms with Gasteiger partial charge in [-0.3, -0.25) is 14.4 Å². The molecule has 1 saturated heterocycles. The van der Waals surface area contributed by atoms with Gasteiger partial charge in [0.05, 0.1) is 16.4 Å². The van der Waals surface area contributed by atoms with E-state index in [4.69, 9.17) is 33.3 Å². The molecule has 1 aliphatic heterocycles. The minimum atomic E-state index is -0.580. The molecule has 1 saturated carbocycles.